The summed E-state index contributed by atoms with van der Waals surface area (Å²) in [6.45, 7) is 0. The molecule has 3 aromatic heterocycles. The van der Waals surface area contributed by atoms with Crippen LogP contribution in [0.4, 0.5) is 0 Å². The Morgan fingerprint density at radius 1 is 0.203 bits per heavy atom. The van der Waals surface area contributed by atoms with E-state index in [1.807, 2.05) is 34.0 Å². The molecule has 0 aliphatic heterocycles. The van der Waals surface area contributed by atoms with Crippen molar-refractivity contribution >= 4 is 52.8 Å². The van der Waals surface area contributed by atoms with Crippen molar-refractivity contribution < 1.29 is 0 Å². The highest BCUT2D eigenvalue weighted by atomic mass is 32.1. The van der Waals surface area contributed by atoms with Gasteiger partial charge in [-0.3, -0.25) is 0 Å². The molecule has 59 heavy (non-hydrogen) atoms. The van der Waals surface area contributed by atoms with Crippen LogP contribution in [0.3, 0.4) is 0 Å². The molecule has 0 radical (unpaired) electrons. The quantitative estimate of drug-likeness (QED) is 0.144. The van der Waals surface area contributed by atoms with Crippen LogP contribution in [0.5, 0.6) is 0 Å². The summed E-state index contributed by atoms with van der Waals surface area (Å²) in [4.78, 5) is 2.63. The fourth-order valence-electron chi connectivity index (χ4n) is 8.40. The summed E-state index contributed by atoms with van der Waals surface area (Å²) in [5.74, 6) is 0. The van der Waals surface area contributed by atoms with Gasteiger partial charge in [0, 0.05) is 32.0 Å². The van der Waals surface area contributed by atoms with Gasteiger partial charge in [-0.2, -0.15) is 0 Å². The molecule has 0 saturated carbocycles. The Bertz CT molecular complexity index is 3020. The van der Waals surface area contributed by atoms with Crippen molar-refractivity contribution in [2.45, 2.75) is 0 Å². The largest absolute Gasteiger partial charge is 0.132 e. The molecule has 0 aliphatic rings. The first kappa shape index (κ1) is 35.5. The first-order valence-corrected chi connectivity index (χ1v) is 22.4. The van der Waals surface area contributed by atoms with E-state index in [0.717, 1.165) is 0 Å². The van der Waals surface area contributed by atoms with Gasteiger partial charge in [0.1, 0.15) is 0 Å². The van der Waals surface area contributed by atoms with Crippen LogP contribution in [0, 0.1) is 0 Å². The monoisotopic (exact) mass is 804 g/mol. The second-order valence-electron chi connectivity index (χ2n) is 14.7. The Labute approximate surface area is 356 Å². The topological polar surface area (TPSA) is 0 Å². The van der Waals surface area contributed by atoms with Gasteiger partial charge in [-0.05, 0) is 67.8 Å². The lowest BCUT2D eigenvalue weighted by Gasteiger charge is -2.13. The van der Waals surface area contributed by atoms with Gasteiger partial charge in [0.2, 0.25) is 0 Å². The van der Waals surface area contributed by atoms with Crippen molar-refractivity contribution in [1.82, 2.24) is 0 Å². The van der Waals surface area contributed by atoms with Gasteiger partial charge in [0.05, 0.1) is 18.8 Å². The molecule has 3 heterocycles. The fraction of sp³-hybridized carbons (Fsp3) is 0. The molecule has 0 fully saturated rings. The third kappa shape index (κ3) is 6.45. The molecule has 0 spiro atoms. The van der Waals surface area contributed by atoms with Crippen molar-refractivity contribution in [2.75, 3.05) is 0 Å². The van der Waals surface area contributed by atoms with Crippen LogP contribution in [-0.4, -0.2) is 0 Å². The second kappa shape index (κ2) is 15.3. The van der Waals surface area contributed by atoms with E-state index < -0.39 is 0 Å². The van der Waals surface area contributed by atoms with Crippen LogP contribution in [0.1, 0.15) is 0 Å². The van der Waals surface area contributed by atoms with E-state index in [9.17, 15) is 0 Å². The molecule has 0 atom stereocenters. The molecule has 0 bridgehead atoms. The van der Waals surface area contributed by atoms with Gasteiger partial charge < -0.3 is 0 Å². The minimum absolute atomic E-state index is 1.22. The van der Waals surface area contributed by atoms with Crippen LogP contribution in [-0.2, 0) is 0 Å². The Morgan fingerprint density at radius 2 is 0.508 bits per heavy atom. The zero-order chi connectivity index (χ0) is 39.1. The zero-order valence-corrected chi connectivity index (χ0v) is 34.5. The molecule has 0 N–H and O–H groups in total. The lowest BCUT2D eigenvalue weighted by atomic mass is 9.93. The van der Waals surface area contributed by atoms with Crippen molar-refractivity contribution in [3.8, 4) is 87.6 Å². The smallest absolute Gasteiger partial charge is 0.0642 e. The maximum atomic E-state index is 2.34. The summed E-state index contributed by atoms with van der Waals surface area (Å²) in [7, 11) is 0. The van der Waals surface area contributed by atoms with Crippen molar-refractivity contribution in [3.63, 3.8) is 0 Å². The van der Waals surface area contributed by atoms with E-state index in [1.165, 1.54) is 106 Å². The van der Waals surface area contributed by atoms with E-state index >= 15 is 0 Å². The SMILES string of the molecule is c1ccc(-c2cccc(-c3ccccc3-c3sc4c(sc5c(-c6ccccc6)c(-c6ccccc6-c6cccc(-c7ccccc7)c6)sc54)c3-c3ccccc3)c2)cc1. The third-order valence-electron chi connectivity index (χ3n) is 11.2. The summed E-state index contributed by atoms with van der Waals surface area (Å²) in [5, 5.41) is 0. The summed E-state index contributed by atoms with van der Waals surface area (Å²) in [6, 6.07) is 79.4. The number of rotatable bonds is 8. The molecular formula is C56H36S3. The molecule has 8 aromatic carbocycles. The minimum atomic E-state index is 1.22. The number of fused-ring (bicyclic) bond motifs is 3. The molecule has 3 heteroatoms. The van der Waals surface area contributed by atoms with Crippen molar-refractivity contribution in [3.05, 3.63) is 218 Å². The average molecular weight is 805 g/mol. The van der Waals surface area contributed by atoms with Gasteiger partial charge in [0.15, 0.2) is 0 Å². The van der Waals surface area contributed by atoms with Crippen molar-refractivity contribution in [2.24, 2.45) is 0 Å². The van der Waals surface area contributed by atoms with E-state index in [1.54, 1.807) is 0 Å². The molecule has 0 aliphatic carbocycles. The Balaban J connectivity index is 1.14. The number of hydrogen-bond acceptors (Lipinski definition) is 3. The van der Waals surface area contributed by atoms with Crippen LogP contribution in [0.25, 0.3) is 106 Å². The Hall–Kier alpha value is -6.62. The van der Waals surface area contributed by atoms with Crippen LogP contribution < -0.4 is 0 Å². The number of thiophene rings is 3. The Kier molecular flexibility index (Phi) is 9.20. The van der Waals surface area contributed by atoms with E-state index in [2.05, 4.69) is 218 Å². The second-order valence-corrected chi connectivity index (χ2v) is 17.8. The molecule has 278 valence electrons. The van der Waals surface area contributed by atoms with Gasteiger partial charge in [-0.25, -0.2) is 0 Å². The third-order valence-corrected chi connectivity index (χ3v) is 15.3. The van der Waals surface area contributed by atoms with Gasteiger partial charge in [-0.1, -0.05) is 206 Å². The summed E-state index contributed by atoms with van der Waals surface area (Å²) >= 11 is 5.86. The molecular weight excluding hydrogens is 769 g/mol. The van der Waals surface area contributed by atoms with Gasteiger partial charge >= 0.3 is 0 Å². The average Bonchev–Trinajstić information content (AvgIpc) is 3.99. The number of hydrogen-bond donors (Lipinski definition) is 0. The van der Waals surface area contributed by atoms with Crippen molar-refractivity contribution in [1.29, 1.82) is 0 Å². The summed E-state index contributed by atoms with van der Waals surface area (Å²) in [6.07, 6.45) is 0. The molecule has 0 amide bonds. The standard InChI is InChI=1S/C56H36S3/c1-5-19-37(20-6-1)41-27-17-29-43(35-41)45-31-13-15-33-47(45)51-49(39-23-9-3-10-24-39)53-55(57-51)56-54(59-53)50(40-25-11-4-12-26-40)52(58-56)48-34-16-14-32-46(48)44-30-18-28-42(36-44)38-21-7-2-8-22-38/h1-36H. The van der Waals surface area contributed by atoms with Crippen LogP contribution >= 0.6 is 34.0 Å². The van der Waals surface area contributed by atoms with E-state index in [0.29, 0.717) is 0 Å². The summed E-state index contributed by atoms with van der Waals surface area (Å²) in [5.41, 5.74) is 17.5. The predicted molar refractivity (Wildman–Crippen MR) is 259 cm³/mol. The molecule has 0 saturated heterocycles. The lowest BCUT2D eigenvalue weighted by Crippen LogP contribution is -1.87. The first-order chi connectivity index (χ1) is 29.3. The van der Waals surface area contributed by atoms with Crippen LogP contribution in [0.2, 0.25) is 0 Å². The number of benzene rings is 8. The van der Waals surface area contributed by atoms with Gasteiger partial charge in [0.25, 0.3) is 0 Å². The highest BCUT2D eigenvalue weighted by molar-refractivity contribution is 7.41. The zero-order valence-electron chi connectivity index (χ0n) is 32.0. The van der Waals surface area contributed by atoms with E-state index in [-0.39, 0.29) is 0 Å². The minimum Gasteiger partial charge on any atom is -0.132 e. The molecule has 11 rings (SSSR count). The molecule has 11 aromatic rings. The van der Waals surface area contributed by atoms with Crippen LogP contribution in [0.15, 0.2) is 218 Å². The molecule has 0 nitrogen and oxygen atoms in total. The summed E-state index contributed by atoms with van der Waals surface area (Å²) < 4.78 is 5.45. The normalized spacial score (nSPS) is 11.4. The maximum Gasteiger partial charge on any atom is 0.0642 e. The molecule has 0 unspecified atom stereocenters. The van der Waals surface area contributed by atoms with Gasteiger partial charge in [-0.15, -0.1) is 34.0 Å². The predicted octanol–water partition coefficient (Wildman–Crippen LogP) is 17.5. The first-order valence-electron chi connectivity index (χ1n) is 19.9. The Morgan fingerprint density at radius 3 is 0.898 bits per heavy atom. The van der Waals surface area contributed by atoms with E-state index in [4.69, 9.17) is 0 Å². The maximum absolute atomic E-state index is 2.34. The highest BCUT2D eigenvalue weighted by Gasteiger charge is 2.27. The highest BCUT2D eigenvalue weighted by Crippen LogP contribution is 2.58. The fourth-order valence-corrected chi connectivity index (χ4v) is 13.1. The lowest BCUT2D eigenvalue weighted by molar-refractivity contribution is 1.58.